The maximum absolute atomic E-state index is 12.5. The van der Waals surface area contributed by atoms with E-state index >= 15 is 0 Å². The van der Waals surface area contributed by atoms with Crippen molar-refractivity contribution < 1.29 is 9.53 Å². The summed E-state index contributed by atoms with van der Waals surface area (Å²) in [5, 5.41) is 8.60. The Hall–Kier alpha value is -2.49. The van der Waals surface area contributed by atoms with Crippen LogP contribution in [0, 0.1) is 12.8 Å². The van der Waals surface area contributed by atoms with Gasteiger partial charge in [0.05, 0.1) is 23.6 Å². The molecule has 4 nitrogen and oxygen atoms in total. The Morgan fingerprint density at radius 1 is 1.09 bits per heavy atom. The predicted octanol–water partition coefficient (Wildman–Crippen LogP) is 3.46. The van der Waals surface area contributed by atoms with Gasteiger partial charge in [-0.15, -0.1) is 0 Å². The van der Waals surface area contributed by atoms with Crippen LogP contribution < -0.4 is 0 Å². The molecular weight excluding hydrogens is 288 g/mol. The monoisotopic (exact) mass is 308 g/mol. The van der Waals surface area contributed by atoms with Gasteiger partial charge >= 0.3 is 5.97 Å². The van der Waals surface area contributed by atoms with Crippen LogP contribution in [0.2, 0.25) is 0 Å². The summed E-state index contributed by atoms with van der Waals surface area (Å²) in [7, 11) is 0. The predicted molar refractivity (Wildman–Crippen MR) is 89.2 cm³/mol. The minimum atomic E-state index is -0.312. The lowest BCUT2D eigenvalue weighted by atomic mass is 9.90. The van der Waals surface area contributed by atoms with Crippen molar-refractivity contribution in [2.45, 2.75) is 26.2 Å². The number of allylic oxidation sites excluding steroid dienone is 8. The van der Waals surface area contributed by atoms with Crippen molar-refractivity contribution in [1.82, 2.24) is 10.2 Å². The Morgan fingerprint density at radius 3 is 2.39 bits per heavy atom. The molecular formula is C19H20N2O2. The number of carbonyl (C=O) groups is 1. The van der Waals surface area contributed by atoms with Crippen LogP contribution in [0.15, 0.2) is 48.6 Å². The van der Waals surface area contributed by atoms with Gasteiger partial charge in [-0.05, 0) is 31.7 Å². The topological polar surface area (TPSA) is 52.1 Å². The molecule has 23 heavy (non-hydrogen) atoms. The number of carbonyl (C=O) groups excluding carboxylic acids is 1. The average Bonchev–Trinajstić information content (AvgIpc) is 3.21. The van der Waals surface area contributed by atoms with Crippen LogP contribution in [0.5, 0.6) is 0 Å². The van der Waals surface area contributed by atoms with Gasteiger partial charge in [0, 0.05) is 5.92 Å². The van der Waals surface area contributed by atoms with Crippen molar-refractivity contribution in [3.05, 3.63) is 71.1 Å². The summed E-state index contributed by atoms with van der Waals surface area (Å²) in [5.74, 6) is 0.0357. The Kier molecular flexibility index (Phi) is 4.51. The summed E-state index contributed by atoms with van der Waals surface area (Å²) in [6, 6.07) is 0. The molecule has 3 rings (SSSR count). The first kappa shape index (κ1) is 15.4. The maximum Gasteiger partial charge on any atom is 0.340 e. The fourth-order valence-electron chi connectivity index (χ4n) is 3.00. The molecule has 0 saturated heterocycles. The Labute approximate surface area is 136 Å². The summed E-state index contributed by atoms with van der Waals surface area (Å²) >= 11 is 0. The van der Waals surface area contributed by atoms with E-state index in [4.69, 9.17) is 4.74 Å². The molecule has 118 valence electrons. The minimum Gasteiger partial charge on any atom is -0.462 e. The van der Waals surface area contributed by atoms with Crippen LogP contribution in [0.25, 0.3) is 0 Å². The van der Waals surface area contributed by atoms with Gasteiger partial charge in [-0.2, -0.15) is 10.2 Å². The van der Waals surface area contributed by atoms with Crippen LogP contribution in [0.1, 0.15) is 40.2 Å². The van der Waals surface area contributed by atoms with Crippen molar-refractivity contribution in [3.8, 4) is 0 Å². The molecule has 0 atom stereocenters. The highest BCUT2D eigenvalue weighted by molar-refractivity contribution is 5.92. The van der Waals surface area contributed by atoms with Crippen molar-refractivity contribution in [1.29, 1.82) is 0 Å². The maximum atomic E-state index is 12.5. The smallest absolute Gasteiger partial charge is 0.340 e. The van der Waals surface area contributed by atoms with E-state index in [1.165, 1.54) is 0 Å². The molecule has 2 aliphatic carbocycles. The summed E-state index contributed by atoms with van der Waals surface area (Å²) in [4.78, 5) is 12.5. The summed E-state index contributed by atoms with van der Waals surface area (Å²) in [6.07, 6.45) is 17.2. The third kappa shape index (κ3) is 3.16. The third-order valence-corrected chi connectivity index (χ3v) is 4.09. The third-order valence-electron chi connectivity index (χ3n) is 4.09. The largest absolute Gasteiger partial charge is 0.462 e. The SMILES string of the molecule is CCOC(=O)c1c(C)nnc(C2C=CC=C2)c1CC1C=CC=C1. The van der Waals surface area contributed by atoms with Crippen molar-refractivity contribution in [3.63, 3.8) is 0 Å². The van der Waals surface area contributed by atoms with Gasteiger partial charge in [-0.1, -0.05) is 48.6 Å². The first-order chi connectivity index (χ1) is 11.2. The highest BCUT2D eigenvalue weighted by Crippen LogP contribution is 2.30. The fourth-order valence-corrected chi connectivity index (χ4v) is 3.00. The second-order valence-corrected chi connectivity index (χ2v) is 5.68. The zero-order valence-electron chi connectivity index (χ0n) is 13.4. The van der Waals surface area contributed by atoms with E-state index in [0.717, 1.165) is 17.7 Å². The van der Waals surface area contributed by atoms with E-state index in [1.54, 1.807) is 0 Å². The van der Waals surface area contributed by atoms with Crippen molar-refractivity contribution in [2.24, 2.45) is 5.92 Å². The zero-order valence-corrected chi connectivity index (χ0v) is 13.4. The average molecular weight is 308 g/mol. The van der Waals surface area contributed by atoms with Crippen LogP contribution in [-0.4, -0.2) is 22.8 Å². The van der Waals surface area contributed by atoms with Crippen LogP contribution in [0.4, 0.5) is 0 Å². The van der Waals surface area contributed by atoms with Gasteiger partial charge in [0.25, 0.3) is 0 Å². The molecule has 0 bridgehead atoms. The van der Waals surface area contributed by atoms with Crippen LogP contribution in [-0.2, 0) is 11.2 Å². The van der Waals surface area contributed by atoms with Gasteiger partial charge in [0.15, 0.2) is 0 Å². The zero-order chi connectivity index (χ0) is 16.2. The number of aryl methyl sites for hydroxylation is 1. The Morgan fingerprint density at radius 2 is 1.74 bits per heavy atom. The van der Waals surface area contributed by atoms with Crippen molar-refractivity contribution in [2.75, 3.05) is 6.61 Å². The van der Waals surface area contributed by atoms with E-state index in [1.807, 2.05) is 38.2 Å². The lowest BCUT2D eigenvalue weighted by Crippen LogP contribution is -2.18. The van der Waals surface area contributed by atoms with Crippen molar-refractivity contribution >= 4 is 5.97 Å². The number of ether oxygens (including phenoxy) is 1. The number of rotatable bonds is 5. The van der Waals surface area contributed by atoms with Gasteiger partial charge in [0.2, 0.25) is 0 Å². The highest BCUT2D eigenvalue weighted by atomic mass is 16.5. The molecule has 1 aromatic heterocycles. The molecule has 0 aromatic carbocycles. The summed E-state index contributed by atoms with van der Waals surface area (Å²) in [6.45, 7) is 3.97. The number of hydrogen-bond acceptors (Lipinski definition) is 4. The quantitative estimate of drug-likeness (QED) is 0.782. The minimum absolute atomic E-state index is 0.0700. The molecule has 0 N–H and O–H groups in total. The molecule has 0 fully saturated rings. The number of aromatic nitrogens is 2. The van der Waals surface area contributed by atoms with E-state index in [2.05, 4.69) is 34.5 Å². The normalized spacial score (nSPS) is 16.6. The molecule has 0 amide bonds. The van der Waals surface area contributed by atoms with Crippen LogP contribution in [0.3, 0.4) is 0 Å². The fraction of sp³-hybridized carbons (Fsp3) is 0.316. The van der Waals surface area contributed by atoms with Gasteiger partial charge in [-0.25, -0.2) is 4.79 Å². The standard InChI is InChI=1S/C19H20N2O2/c1-3-23-19(22)17-13(2)20-21-18(15-10-6-7-11-15)16(17)12-14-8-4-5-9-14/h4-11,14-15H,3,12H2,1-2H3. The molecule has 1 heterocycles. The first-order valence-corrected chi connectivity index (χ1v) is 7.94. The number of nitrogens with zero attached hydrogens (tertiary/aromatic N) is 2. The van der Waals surface area contributed by atoms with E-state index < -0.39 is 0 Å². The van der Waals surface area contributed by atoms with E-state index in [9.17, 15) is 4.79 Å². The number of esters is 1. The second kappa shape index (κ2) is 6.73. The molecule has 0 saturated carbocycles. The van der Waals surface area contributed by atoms with Crippen LogP contribution >= 0.6 is 0 Å². The molecule has 0 unspecified atom stereocenters. The summed E-state index contributed by atoms with van der Waals surface area (Å²) < 4.78 is 5.25. The molecule has 1 aromatic rings. The lowest BCUT2D eigenvalue weighted by Gasteiger charge is -2.18. The summed E-state index contributed by atoms with van der Waals surface area (Å²) in [5.41, 5.74) is 2.98. The number of hydrogen-bond donors (Lipinski definition) is 0. The second-order valence-electron chi connectivity index (χ2n) is 5.68. The Balaban J connectivity index is 2.08. The highest BCUT2D eigenvalue weighted by Gasteiger charge is 2.26. The first-order valence-electron chi connectivity index (χ1n) is 7.94. The molecule has 0 aliphatic heterocycles. The molecule has 4 heteroatoms. The Bertz CT molecular complexity index is 705. The molecule has 0 radical (unpaired) electrons. The van der Waals surface area contributed by atoms with Gasteiger partial charge < -0.3 is 4.74 Å². The van der Waals surface area contributed by atoms with Gasteiger partial charge in [-0.3, -0.25) is 0 Å². The molecule has 2 aliphatic rings. The van der Waals surface area contributed by atoms with E-state index in [0.29, 0.717) is 17.9 Å². The van der Waals surface area contributed by atoms with E-state index in [-0.39, 0.29) is 17.8 Å². The molecule has 0 spiro atoms. The van der Waals surface area contributed by atoms with Gasteiger partial charge in [0.1, 0.15) is 0 Å². The lowest BCUT2D eigenvalue weighted by molar-refractivity contribution is 0.0523.